The number of esters is 1. The Kier molecular flexibility index (Phi) is 7.97. The Labute approximate surface area is 189 Å². The van der Waals surface area contributed by atoms with Crippen LogP contribution < -0.4 is 10.2 Å². The van der Waals surface area contributed by atoms with Crippen LogP contribution in [0.4, 0.5) is 5.69 Å². The van der Waals surface area contributed by atoms with Gasteiger partial charge in [0.2, 0.25) is 5.91 Å². The number of hydrogen-bond acceptors (Lipinski definition) is 4. The van der Waals surface area contributed by atoms with Crippen molar-refractivity contribution in [2.75, 3.05) is 25.1 Å². The molecule has 2 aromatic rings. The van der Waals surface area contributed by atoms with E-state index in [4.69, 9.17) is 16.3 Å². The van der Waals surface area contributed by atoms with Crippen LogP contribution in [-0.4, -0.2) is 32.1 Å². The van der Waals surface area contributed by atoms with Crippen molar-refractivity contribution in [1.82, 2.24) is 5.32 Å². The molecule has 0 radical (unpaired) electrons. The molecule has 3 rings (SSSR count). The summed E-state index contributed by atoms with van der Waals surface area (Å²) in [6.07, 6.45) is 3.87. The Morgan fingerprint density at radius 1 is 1.06 bits per heavy atom. The Morgan fingerprint density at radius 2 is 1.74 bits per heavy atom. The van der Waals surface area contributed by atoms with Crippen molar-refractivity contribution in [3.8, 4) is 0 Å². The minimum atomic E-state index is -0.387. The lowest BCUT2D eigenvalue weighted by Gasteiger charge is -2.34. The quantitative estimate of drug-likeness (QED) is 0.601. The number of anilines is 1. The van der Waals surface area contributed by atoms with Crippen LogP contribution in [0.2, 0.25) is 5.02 Å². The van der Waals surface area contributed by atoms with Crippen LogP contribution >= 0.6 is 11.6 Å². The van der Waals surface area contributed by atoms with Gasteiger partial charge in [-0.05, 0) is 66.6 Å². The van der Waals surface area contributed by atoms with E-state index >= 15 is 0 Å². The van der Waals surface area contributed by atoms with Gasteiger partial charge in [0.05, 0.1) is 25.1 Å². The lowest BCUT2D eigenvalue weighted by Crippen LogP contribution is -2.36. The number of halogens is 1. The number of nitrogens with one attached hydrogen (secondary N) is 1. The van der Waals surface area contributed by atoms with Gasteiger partial charge >= 0.3 is 5.97 Å². The van der Waals surface area contributed by atoms with Crippen molar-refractivity contribution < 1.29 is 14.3 Å². The van der Waals surface area contributed by atoms with Gasteiger partial charge in [-0.2, -0.15) is 0 Å². The zero-order valence-corrected chi connectivity index (χ0v) is 19.2. The Morgan fingerprint density at radius 3 is 2.35 bits per heavy atom. The highest BCUT2D eigenvalue weighted by atomic mass is 35.5. The van der Waals surface area contributed by atoms with Gasteiger partial charge in [0.1, 0.15) is 0 Å². The minimum Gasteiger partial charge on any atom is -0.465 e. The number of carbonyl (C=O) groups excluding carboxylic acids is 2. The average Bonchev–Trinajstić information content (AvgIpc) is 2.77. The minimum absolute atomic E-state index is 0.0610. The zero-order chi connectivity index (χ0) is 22.4. The summed E-state index contributed by atoms with van der Waals surface area (Å²) in [6, 6.07) is 12.8. The molecule has 1 atom stereocenters. The average molecular weight is 443 g/mol. The summed E-state index contributed by atoms with van der Waals surface area (Å²) in [4.78, 5) is 26.9. The van der Waals surface area contributed by atoms with Crippen molar-refractivity contribution in [2.24, 2.45) is 5.92 Å². The molecular weight excluding hydrogens is 412 g/mol. The standard InChI is InChI=1S/C25H31ClN2O3/c1-17(2)24(21-16-20(26)11-12-22(21)28-13-5-4-6-14-28)27-23(29)15-18-7-9-19(10-8-18)25(30)31-3/h7-12,16-17,24H,4-6,13-15H2,1-3H3,(H,27,29). The number of methoxy groups -OCH3 is 1. The molecule has 1 saturated heterocycles. The van der Waals surface area contributed by atoms with Crippen molar-refractivity contribution in [1.29, 1.82) is 0 Å². The van der Waals surface area contributed by atoms with E-state index in [9.17, 15) is 9.59 Å². The molecule has 0 bridgehead atoms. The van der Waals surface area contributed by atoms with Gasteiger partial charge in [0, 0.05) is 23.8 Å². The lowest BCUT2D eigenvalue weighted by molar-refractivity contribution is -0.121. The first-order valence-corrected chi connectivity index (χ1v) is 11.3. The summed E-state index contributed by atoms with van der Waals surface area (Å²) in [7, 11) is 1.35. The summed E-state index contributed by atoms with van der Waals surface area (Å²) in [5, 5.41) is 3.90. The molecule has 31 heavy (non-hydrogen) atoms. The van der Waals surface area contributed by atoms with E-state index in [0.717, 1.165) is 29.9 Å². The molecule has 5 nitrogen and oxygen atoms in total. The summed E-state index contributed by atoms with van der Waals surface area (Å²) < 4.78 is 4.72. The summed E-state index contributed by atoms with van der Waals surface area (Å²) in [5.74, 6) is -0.246. The number of amides is 1. The van der Waals surface area contributed by atoms with Crippen LogP contribution in [0.25, 0.3) is 0 Å². The maximum absolute atomic E-state index is 12.9. The van der Waals surface area contributed by atoms with Crippen LogP contribution in [0.1, 0.15) is 60.6 Å². The number of rotatable bonds is 7. The van der Waals surface area contributed by atoms with Gasteiger partial charge in [-0.15, -0.1) is 0 Å². The first kappa shape index (κ1) is 23.1. The van der Waals surface area contributed by atoms with Crippen molar-refractivity contribution in [3.63, 3.8) is 0 Å². The summed E-state index contributed by atoms with van der Waals surface area (Å²) in [6.45, 7) is 6.27. The van der Waals surface area contributed by atoms with E-state index in [1.807, 2.05) is 12.1 Å². The fourth-order valence-corrected chi connectivity index (χ4v) is 4.27. The highest BCUT2D eigenvalue weighted by molar-refractivity contribution is 6.30. The van der Waals surface area contributed by atoms with E-state index in [0.29, 0.717) is 10.6 Å². The number of ether oxygens (including phenoxy) is 1. The van der Waals surface area contributed by atoms with Crippen molar-refractivity contribution in [2.45, 2.75) is 45.6 Å². The fraction of sp³-hybridized carbons (Fsp3) is 0.440. The molecule has 2 aromatic carbocycles. The van der Waals surface area contributed by atoms with Crippen LogP contribution in [0.3, 0.4) is 0 Å². The number of hydrogen-bond donors (Lipinski definition) is 1. The highest BCUT2D eigenvalue weighted by Gasteiger charge is 2.24. The topological polar surface area (TPSA) is 58.6 Å². The molecule has 166 valence electrons. The normalized spacial score (nSPS) is 14.9. The number of nitrogens with zero attached hydrogens (tertiary/aromatic N) is 1. The van der Waals surface area contributed by atoms with Gasteiger partial charge in [-0.3, -0.25) is 4.79 Å². The third-order valence-electron chi connectivity index (χ3n) is 5.74. The van der Waals surface area contributed by atoms with Crippen LogP contribution in [0.15, 0.2) is 42.5 Å². The van der Waals surface area contributed by atoms with Crippen LogP contribution in [0, 0.1) is 5.92 Å². The molecule has 1 heterocycles. The van der Waals surface area contributed by atoms with Gasteiger partial charge in [0.25, 0.3) is 0 Å². The first-order chi connectivity index (χ1) is 14.9. The molecule has 1 amide bonds. The maximum atomic E-state index is 12.9. The fourth-order valence-electron chi connectivity index (χ4n) is 4.09. The van der Waals surface area contributed by atoms with E-state index in [1.54, 1.807) is 24.3 Å². The molecule has 1 fully saturated rings. The largest absolute Gasteiger partial charge is 0.465 e. The molecule has 6 heteroatoms. The van der Waals surface area contributed by atoms with Crippen molar-refractivity contribution >= 4 is 29.2 Å². The van der Waals surface area contributed by atoms with Gasteiger partial charge in [0.15, 0.2) is 0 Å². The van der Waals surface area contributed by atoms with E-state index in [1.165, 1.54) is 26.4 Å². The maximum Gasteiger partial charge on any atom is 0.337 e. The molecule has 0 spiro atoms. The molecule has 0 aromatic heterocycles. The molecule has 1 aliphatic heterocycles. The summed E-state index contributed by atoms with van der Waals surface area (Å²) in [5.41, 5.74) is 3.54. The smallest absolute Gasteiger partial charge is 0.337 e. The van der Waals surface area contributed by atoms with Crippen molar-refractivity contribution in [3.05, 3.63) is 64.2 Å². The Balaban J connectivity index is 1.77. The summed E-state index contributed by atoms with van der Waals surface area (Å²) >= 11 is 6.35. The number of piperidine rings is 1. The van der Waals surface area contributed by atoms with Gasteiger partial charge in [-0.1, -0.05) is 37.6 Å². The van der Waals surface area contributed by atoms with Crippen LogP contribution in [0.5, 0.6) is 0 Å². The van der Waals surface area contributed by atoms with Gasteiger partial charge in [-0.25, -0.2) is 4.79 Å². The SMILES string of the molecule is COC(=O)c1ccc(CC(=O)NC(c2cc(Cl)ccc2N2CCCCC2)C(C)C)cc1. The second kappa shape index (κ2) is 10.7. The van der Waals surface area contributed by atoms with Gasteiger partial charge < -0.3 is 15.0 Å². The molecule has 1 unspecified atom stereocenters. The predicted octanol–water partition coefficient (Wildman–Crippen LogP) is 5.17. The third-order valence-corrected chi connectivity index (χ3v) is 5.98. The lowest BCUT2D eigenvalue weighted by atomic mass is 9.93. The number of benzene rings is 2. The van der Waals surface area contributed by atoms with E-state index in [2.05, 4.69) is 30.1 Å². The van der Waals surface area contributed by atoms with Crippen LogP contribution in [-0.2, 0) is 16.0 Å². The monoisotopic (exact) mass is 442 g/mol. The molecule has 0 saturated carbocycles. The number of carbonyl (C=O) groups is 2. The first-order valence-electron chi connectivity index (χ1n) is 10.9. The van der Waals surface area contributed by atoms with E-state index < -0.39 is 0 Å². The zero-order valence-electron chi connectivity index (χ0n) is 18.5. The second-order valence-corrected chi connectivity index (χ2v) is 8.84. The Hall–Kier alpha value is -2.53. The predicted molar refractivity (Wildman–Crippen MR) is 125 cm³/mol. The molecule has 1 aliphatic rings. The molecule has 1 N–H and O–H groups in total. The third kappa shape index (κ3) is 6.01. The van der Waals surface area contributed by atoms with E-state index in [-0.39, 0.29) is 30.3 Å². The Bertz CT molecular complexity index is 905. The molecule has 0 aliphatic carbocycles. The highest BCUT2D eigenvalue weighted by Crippen LogP contribution is 2.34. The molecular formula is C25H31ClN2O3. The second-order valence-electron chi connectivity index (χ2n) is 8.41.